The summed E-state index contributed by atoms with van der Waals surface area (Å²) in [6, 6.07) is 11.0. The standard InChI is InChI=1S/C23H27N7O/c1-25-17-11-19(12-17)30-15-16(14-24)20-3-4-21(26-23(20)30)29-9-7-28(8-10-29)18-5-6-27(2)22(31)13-18/h3-6,13,15,17,19,25H,7-12H2,1-2H3. The van der Waals surface area contributed by atoms with Crippen LogP contribution in [0.15, 0.2) is 41.5 Å². The Morgan fingerprint density at radius 3 is 2.55 bits per heavy atom. The van der Waals surface area contributed by atoms with Gasteiger partial charge < -0.3 is 24.3 Å². The SMILES string of the molecule is CNC1CC(n2cc(C#N)c3ccc(N4CCN(c5ccn(C)c(=O)c5)CC4)nc32)C1. The average Bonchev–Trinajstić information content (AvgIpc) is 3.13. The average molecular weight is 418 g/mol. The largest absolute Gasteiger partial charge is 0.368 e. The Morgan fingerprint density at radius 2 is 1.87 bits per heavy atom. The van der Waals surface area contributed by atoms with Crippen LogP contribution < -0.4 is 20.7 Å². The first-order valence-electron chi connectivity index (χ1n) is 10.8. The summed E-state index contributed by atoms with van der Waals surface area (Å²) < 4.78 is 3.78. The van der Waals surface area contributed by atoms with Crippen molar-refractivity contribution in [1.29, 1.82) is 5.26 Å². The summed E-state index contributed by atoms with van der Waals surface area (Å²) in [7, 11) is 3.76. The van der Waals surface area contributed by atoms with Crippen molar-refractivity contribution < 1.29 is 0 Å². The van der Waals surface area contributed by atoms with Crippen molar-refractivity contribution in [2.75, 3.05) is 43.0 Å². The molecule has 2 aliphatic rings. The van der Waals surface area contributed by atoms with E-state index in [1.807, 2.05) is 37.6 Å². The van der Waals surface area contributed by atoms with E-state index in [2.05, 4.69) is 25.8 Å². The summed E-state index contributed by atoms with van der Waals surface area (Å²) in [6.07, 6.45) is 5.91. The first-order valence-corrected chi connectivity index (χ1v) is 10.8. The lowest BCUT2D eigenvalue weighted by Crippen LogP contribution is -2.47. The maximum Gasteiger partial charge on any atom is 0.252 e. The van der Waals surface area contributed by atoms with Crippen molar-refractivity contribution in [3.63, 3.8) is 0 Å². The molecule has 5 rings (SSSR count). The second-order valence-electron chi connectivity index (χ2n) is 8.52. The monoisotopic (exact) mass is 417 g/mol. The molecular weight excluding hydrogens is 390 g/mol. The Kier molecular flexibility index (Phi) is 4.91. The number of anilines is 2. The van der Waals surface area contributed by atoms with Crippen LogP contribution in [0.4, 0.5) is 11.5 Å². The zero-order valence-electron chi connectivity index (χ0n) is 18.0. The fraction of sp³-hybridized carbons (Fsp3) is 0.435. The molecule has 0 atom stereocenters. The predicted octanol–water partition coefficient (Wildman–Crippen LogP) is 1.86. The fourth-order valence-corrected chi connectivity index (χ4v) is 4.64. The fourth-order valence-electron chi connectivity index (χ4n) is 4.64. The molecule has 1 saturated heterocycles. The molecule has 0 spiro atoms. The highest BCUT2D eigenvalue weighted by atomic mass is 16.1. The lowest BCUT2D eigenvalue weighted by molar-refractivity contribution is 0.240. The van der Waals surface area contributed by atoms with Gasteiger partial charge in [0.15, 0.2) is 0 Å². The molecule has 1 N–H and O–H groups in total. The number of fused-ring (bicyclic) bond motifs is 1. The van der Waals surface area contributed by atoms with Crippen LogP contribution in [-0.4, -0.2) is 53.4 Å². The maximum absolute atomic E-state index is 12.0. The molecule has 0 bridgehead atoms. The minimum atomic E-state index is 0.0117. The van der Waals surface area contributed by atoms with Gasteiger partial charge in [0.25, 0.3) is 5.56 Å². The van der Waals surface area contributed by atoms with E-state index in [4.69, 9.17) is 4.98 Å². The van der Waals surface area contributed by atoms with Gasteiger partial charge in [-0.15, -0.1) is 0 Å². The van der Waals surface area contributed by atoms with Crippen molar-refractivity contribution in [3.8, 4) is 6.07 Å². The van der Waals surface area contributed by atoms with E-state index in [1.165, 1.54) is 0 Å². The van der Waals surface area contributed by atoms with Crippen LogP contribution in [-0.2, 0) is 7.05 Å². The minimum absolute atomic E-state index is 0.0117. The summed E-state index contributed by atoms with van der Waals surface area (Å²) in [5.41, 5.74) is 2.58. The smallest absolute Gasteiger partial charge is 0.252 e. The second kappa shape index (κ2) is 7.75. The van der Waals surface area contributed by atoms with Gasteiger partial charge in [-0.25, -0.2) is 4.98 Å². The second-order valence-corrected chi connectivity index (χ2v) is 8.52. The molecular formula is C23H27N7O. The molecule has 3 aromatic rings. The zero-order valence-corrected chi connectivity index (χ0v) is 18.0. The molecule has 0 aromatic carbocycles. The van der Waals surface area contributed by atoms with E-state index in [1.54, 1.807) is 17.7 Å². The number of hydrogen-bond donors (Lipinski definition) is 1. The van der Waals surface area contributed by atoms with E-state index in [0.29, 0.717) is 17.6 Å². The molecule has 0 amide bonds. The van der Waals surface area contributed by atoms with Crippen molar-refractivity contribution in [1.82, 2.24) is 19.4 Å². The normalized spacial score (nSPS) is 21.2. The van der Waals surface area contributed by atoms with E-state index in [0.717, 1.165) is 61.6 Å². The molecule has 0 radical (unpaired) electrons. The highest BCUT2D eigenvalue weighted by Crippen LogP contribution is 2.36. The quantitative estimate of drug-likeness (QED) is 0.698. The molecule has 1 aliphatic heterocycles. The summed E-state index contributed by atoms with van der Waals surface area (Å²) >= 11 is 0. The lowest BCUT2D eigenvalue weighted by atomic mass is 9.87. The Morgan fingerprint density at radius 1 is 1.13 bits per heavy atom. The lowest BCUT2D eigenvalue weighted by Gasteiger charge is -2.37. The Bertz CT molecular complexity index is 1210. The van der Waals surface area contributed by atoms with Gasteiger partial charge in [0.1, 0.15) is 17.5 Å². The highest BCUT2D eigenvalue weighted by Gasteiger charge is 2.31. The molecule has 2 fully saturated rings. The van der Waals surface area contributed by atoms with Gasteiger partial charge in [-0.3, -0.25) is 4.79 Å². The third-order valence-electron chi connectivity index (χ3n) is 6.76. The highest BCUT2D eigenvalue weighted by molar-refractivity contribution is 5.85. The van der Waals surface area contributed by atoms with Gasteiger partial charge in [0.2, 0.25) is 0 Å². The van der Waals surface area contributed by atoms with Crippen LogP contribution in [0.25, 0.3) is 11.0 Å². The molecule has 4 heterocycles. The van der Waals surface area contributed by atoms with Gasteiger partial charge in [-0.05, 0) is 38.1 Å². The number of piperazine rings is 1. The zero-order chi connectivity index (χ0) is 21.5. The Hall–Kier alpha value is -3.31. The number of aryl methyl sites for hydroxylation is 1. The van der Waals surface area contributed by atoms with Crippen molar-refractivity contribution in [2.24, 2.45) is 7.05 Å². The van der Waals surface area contributed by atoms with Crippen LogP contribution in [0, 0.1) is 11.3 Å². The predicted molar refractivity (Wildman–Crippen MR) is 122 cm³/mol. The number of rotatable bonds is 4. The van der Waals surface area contributed by atoms with Crippen molar-refractivity contribution in [2.45, 2.75) is 24.9 Å². The summed E-state index contributed by atoms with van der Waals surface area (Å²) in [5.74, 6) is 0.949. The molecule has 1 saturated carbocycles. The van der Waals surface area contributed by atoms with E-state index >= 15 is 0 Å². The minimum Gasteiger partial charge on any atom is -0.368 e. The molecule has 1 aliphatic carbocycles. The molecule has 3 aromatic heterocycles. The van der Waals surface area contributed by atoms with Crippen LogP contribution in [0.5, 0.6) is 0 Å². The number of nitriles is 1. The summed E-state index contributed by atoms with van der Waals surface area (Å²) in [4.78, 5) is 21.5. The van der Waals surface area contributed by atoms with Crippen molar-refractivity contribution >= 4 is 22.5 Å². The molecule has 31 heavy (non-hydrogen) atoms. The van der Waals surface area contributed by atoms with Crippen LogP contribution in [0.2, 0.25) is 0 Å². The first-order chi connectivity index (χ1) is 15.1. The first kappa shape index (κ1) is 19.6. The van der Waals surface area contributed by atoms with Gasteiger partial charge in [-0.2, -0.15) is 5.26 Å². The van der Waals surface area contributed by atoms with Gasteiger partial charge in [-0.1, -0.05) is 0 Å². The van der Waals surface area contributed by atoms with E-state index < -0.39 is 0 Å². The Labute approximate surface area is 181 Å². The van der Waals surface area contributed by atoms with Crippen LogP contribution >= 0.6 is 0 Å². The topological polar surface area (TPSA) is 82.1 Å². The van der Waals surface area contributed by atoms with Gasteiger partial charge >= 0.3 is 0 Å². The summed E-state index contributed by atoms with van der Waals surface area (Å²) in [5, 5.41) is 13.8. The van der Waals surface area contributed by atoms with Gasteiger partial charge in [0.05, 0.1) is 5.56 Å². The van der Waals surface area contributed by atoms with E-state index in [-0.39, 0.29) is 5.56 Å². The third-order valence-corrected chi connectivity index (χ3v) is 6.76. The maximum atomic E-state index is 12.0. The van der Waals surface area contributed by atoms with Crippen molar-refractivity contribution in [3.05, 3.63) is 52.6 Å². The number of nitrogens with zero attached hydrogens (tertiary/aromatic N) is 6. The number of pyridine rings is 2. The number of hydrogen-bond acceptors (Lipinski definition) is 6. The molecule has 8 nitrogen and oxygen atoms in total. The molecule has 160 valence electrons. The van der Waals surface area contributed by atoms with Crippen LogP contribution in [0.3, 0.4) is 0 Å². The molecule has 0 unspecified atom stereocenters. The van der Waals surface area contributed by atoms with Gasteiger partial charge in [0, 0.05) is 74.8 Å². The third kappa shape index (κ3) is 3.45. The van der Waals surface area contributed by atoms with Crippen LogP contribution in [0.1, 0.15) is 24.4 Å². The Balaban J connectivity index is 1.37. The van der Waals surface area contributed by atoms with E-state index in [9.17, 15) is 10.1 Å². The molecule has 8 heteroatoms. The summed E-state index contributed by atoms with van der Waals surface area (Å²) in [6.45, 7) is 3.35. The number of aromatic nitrogens is 3. The number of nitrogens with one attached hydrogen (secondary N) is 1.